The molecule has 0 atom stereocenters. The highest BCUT2D eigenvalue weighted by Crippen LogP contribution is 2.30. The number of benzene rings is 2. The minimum atomic E-state index is -2.90. The molecule has 0 aliphatic heterocycles. The molecule has 0 bridgehead atoms. The average Bonchev–Trinajstić information content (AvgIpc) is 3.37. The number of carbonyl (C=O) groups is 1. The molecule has 0 N–H and O–H groups in total. The summed E-state index contributed by atoms with van der Waals surface area (Å²) in [6.07, 6.45) is 1.82. The highest BCUT2D eigenvalue weighted by Gasteiger charge is 2.33. The van der Waals surface area contributed by atoms with Crippen molar-refractivity contribution in [2.75, 3.05) is 0 Å². The van der Waals surface area contributed by atoms with E-state index in [0.29, 0.717) is 17.7 Å². The Hall–Kier alpha value is -2.50. The second-order valence-corrected chi connectivity index (χ2v) is 5.70. The lowest BCUT2D eigenvalue weighted by Crippen LogP contribution is -2.32. The number of hydrogen-bond donors (Lipinski definition) is 0. The Morgan fingerprint density at radius 1 is 1.17 bits per heavy atom. The van der Waals surface area contributed by atoms with Crippen molar-refractivity contribution >= 4 is 5.91 Å². The predicted molar refractivity (Wildman–Crippen MR) is 82.4 cm³/mol. The van der Waals surface area contributed by atoms with Gasteiger partial charge in [-0.1, -0.05) is 12.1 Å². The number of nitrogens with zero attached hydrogens (tertiary/aromatic N) is 1. The number of rotatable bonds is 6. The van der Waals surface area contributed by atoms with Gasteiger partial charge in [-0.3, -0.25) is 4.79 Å². The van der Waals surface area contributed by atoms with Gasteiger partial charge in [0.15, 0.2) is 0 Å². The maximum absolute atomic E-state index is 13.3. The second kappa shape index (κ2) is 6.95. The van der Waals surface area contributed by atoms with Crippen molar-refractivity contribution in [2.24, 2.45) is 0 Å². The van der Waals surface area contributed by atoms with Crippen LogP contribution in [0.4, 0.5) is 13.2 Å². The zero-order valence-electron chi connectivity index (χ0n) is 12.8. The zero-order valence-corrected chi connectivity index (χ0v) is 12.8. The average molecular weight is 335 g/mol. The normalized spacial score (nSPS) is 13.8. The van der Waals surface area contributed by atoms with Crippen molar-refractivity contribution < 1.29 is 22.7 Å². The molecule has 6 heteroatoms. The van der Waals surface area contributed by atoms with Crippen LogP contribution < -0.4 is 4.74 Å². The molecule has 1 saturated carbocycles. The summed E-state index contributed by atoms with van der Waals surface area (Å²) >= 11 is 0. The molecule has 0 unspecified atom stereocenters. The Bertz CT molecular complexity index is 714. The second-order valence-electron chi connectivity index (χ2n) is 5.70. The van der Waals surface area contributed by atoms with Crippen molar-refractivity contribution in [1.29, 1.82) is 0 Å². The highest BCUT2D eigenvalue weighted by molar-refractivity contribution is 5.94. The summed E-state index contributed by atoms with van der Waals surface area (Å²) in [6.45, 7) is -2.58. The van der Waals surface area contributed by atoms with E-state index < -0.39 is 6.61 Å². The maximum Gasteiger partial charge on any atom is 0.387 e. The Morgan fingerprint density at radius 3 is 2.46 bits per heavy atom. The van der Waals surface area contributed by atoms with Crippen LogP contribution in [0.25, 0.3) is 0 Å². The van der Waals surface area contributed by atoms with Crippen LogP contribution in [-0.2, 0) is 6.54 Å². The van der Waals surface area contributed by atoms with E-state index in [2.05, 4.69) is 4.74 Å². The third kappa shape index (κ3) is 4.07. The van der Waals surface area contributed by atoms with Crippen LogP contribution >= 0.6 is 0 Å². The van der Waals surface area contributed by atoms with Gasteiger partial charge in [-0.25, -0.2) is 4.39 Å². The van der Waals surface area contributed by atoms with Crippen molar-refractivity contribution in [2.45, 2.75) is 32.0 Å². The summed E-state index contributed by atoms with van der Waals surface area (Å²) in [5.41, 5.74) is 1.10. The molecule has 0 saturated heterocycles. The van der Waals surface area contributed by atoms with Crippen LogP contribution in [0.1, 0.15) is 28.8 Å². The molecule has 0 aromatic heterocycles. The largest absolute Gasteiger partial charge is 0.435 e. The summed E-state index contributed by atoms with van der Waals surface area (Å²) in [5, 5.41) is 0. The van der Waals surface area contributed by atoms with Gasteiger partial charge in [0.05, 0.1) is 0 Å². The van der Waals surface area contributed by atoms with Crippen LogP contribution in [0, 0.1) is 5.82 Å². The van der Waals surface area contributed by atoms with Gasteiger partial charge in [-0.05, 0) is 54.8 Å². The first-order chi connectivity index (χ1) is 11.5. The summed E-state index contributed by atoms with van der Waals surface area (Å²) in [4.78, 5) is 14.4. The van der Waals surface area contributed by atoms with E-state index in [1.54, 1.807) is 17.0 Å². The first-order valence-corrected chi connectivity index (χ1v) is 7.63. The molecule has 1 aliphatic rings. The van der Waals surface area contributed by atoms with Crippen LogP contribution in [0.15, 0.2) is 48.5 Å². The van der Waals surface area contributed by atoms with Crippen LogP contribution in [0.5, 0.6) is 5.75 Å². The lowest BCUT2D eigenvalue weighted by molar-refractivity contribution is -0.0498. The lowest BCUT2D eigenvalue weighted by Gasteiger charge is -2.23. The third-order valence-corrected chi connectivity index (χ3v) is 3.82. The Labute approximate surface area is 137 Å². The molecule has 1 fully saturated rings. The monoisotopic (exact) mass is 335 g/mol. The van der Waals surface area contributed by atoms with Gasteiger partial charge in [0.1, 0.15) is 11.6 Å². The molecule has 0 radical (unpaired) electrons. The van der Waals surface area contributed by atoms with Crippen LogP contribution in [-0.4, -0.2) is 23.5 Å². The predicted octanol–water partition coefficient (Wildman–Crippen LogP) is 4.23. The summed E-state index contributed by atoms with van der Waals surface area (Å²) in [6, 6.07) is 11.9. The van der Waals surface area contributed by atoms with Gasteiger partial charge in [-0.2, -0.15) is 8.78 Å². The molecular formula is C18H16F3NO2. The van der Waals surface area contributed by atoms with E-state index in [1.807, 2.05) is 0 Å². The number of carbonyl (C=O) groups excluding carboxylic acids is 1. The third-order valence-electron chi connectivity index (χ3n) is 3.82. The Morgan fingerprint density at radius 2 is 1.88 bits per heavy atom. The zero-order chi connectivity index (χ0) is 17.1. The molecular weight excluding hydrogens is 319 g/mol. The summed E-state index contributed by atoms with van der Waals surface area (Å²) in [7, 11) is 0. The van der Waals surface area contributed by atoms with Gasteiger partial charge < -0.3 is 9.64 Å². The molecule has 1 aliphatic carbocycles. The summed E-state index contributed by atoms with van der Waals surface area (Å²) < 4.78 is 41.9. The van der Waals surface area contributed by atoms with Crippen LogP contribution in [0.2, 0.25) is 0 Å². The fourth-order valence-electron chi connectivity index (χ4n) is 2.53. The van der Waals surface area contributed by atoms with E-state index in [4.69, 9.17) is 0 Å². The molecule has 2 aromatic carbocycles. The molecule has 1 amide bonds. The topological polar surface area (TPSA) is 29.5 Å². The van der Waals surface area contributed by atoms with Crippen LogP contribution in [0.3, 0.4) is 0 Å². The minimum absolute atomic E-state index is 0.00431. The van der Waals surface area contributed by atoms with Crippen molar-refractivity contribution in [3.63, 3.8) is 0 Å². The van der Waals surface area contributed by atoms with Gasteiger partial charge in [0, 0.05) is 18.2 Å². The molecule has 126 valence electrons. The lowest BCUT2D eigenvalue weighted by atomic mass is 10.1. The molecule has 3 rings (SSSR count). The SMILES string of the molecule is O=C(c1ccc(OC(F)F)cc1)N(Cc1cccc(F)c1)C1CC1. The standard InChI is InChI=1S/C18H16F3NO2/c19-14-3-1-2-12(10-14)11-22(15-6-7-15)17(23)13-4-8-16(9-5-13)24-18(20)21/h1-5,8-10,15,18H,6-7,11H2. The minimum Gasteiger partial charge on any atom is -0.435 e. The number of amides is 1. The number of ether oxygens (including phenoxy) is 1. The van der Waals surface area contributed by atoms with E-state index >= 15 is 0 Å². The molecule has 0 spiro atoms. The van der Waals surface area contributed by atoms with Gasteiger partial charge >= 0.3 is 6.61 Å². The highest BCUT2D eigenvalue weighted by atomic mass is 19.3. The van der Waals surface area contributed by atoms with E-state index in [-0.39, 0.29) is 23.5 Å². The smallest absolute Gasteiger partial charge is 0.387 e. The number of hydrogen-bond acceptors (Lipinski definition) is 2. The van der Waals surface area contributed by atoms with Crippen molar-refractivity contribution in [3.8, 4) is 5.75 Å². The molecule has 0 heterocycles. The summed E-state index contributed by atoms with van der Waals surface area (Å²) in [5.74, 6) is -0.542. The Balaban J connectivity index is 1.75. The fourth-order valence-corrected chi connectivity index (χ4v) is 2.53. The van der Waals surface area contributed by atoms with E-state index in [9.17, 15) is 18.0 Å². The fraction of sp³-hybridized carbons (Fsp3) is 0.278. The van der Waals surface area contributed by atoms with Gasteiger partial charge in [0.25, 0.3) is 5.91 Å². The number of alkyl halides is 2. The maximum atomic E-state index is 13.3. The van der Waals surface area contributed by atoms with Gasteiger partial charge in [0.2, 0.25) is 0 Å². The molecule has 3 nitrogen and oxygen atoms in total. The van der Waals surface area contributed by atoms with Crippen molar-refractivity contribution in [3.05, 3.63) is 65.5 Å². The van der Waals surface area contributed by atoms with E-state index in [1.165, 1.54) is 36.4 Å². The Kier molecular flexibility index (Phi) is 4.74. The first-order valence-electron chi connectivity index (χ1n) is 7.63. The number of halogens is 3. The quantitative estimate of drug-likeness (QED) is 0.790. The molecule has 2 aromatic rings. The van der Waals surface area contributed by atoms with Crippen molar-refractivity contribution in [1.82, 2.24) is 4.90 Å². The van der Waals surface area contributed by atoms with Gasteiger partial charge in [-0.15, -0.1) is 0 Å². The van der Waals surface area contributed by atoms with E-state index in [0.717, 1.165) is 12.8 Å². The first kappa shape index (κ1) is 16.4. The molecule has 24 heavy (non-hydrogen) atoms.